The number of aryl methyl sites for hydroxylation is 1. The molecule has 26 heavy (non-hydrogen) atoms. The predicted octanol–water partition coefficient (Wildman–Crippen LogP) is 2.88. The molecule has 0 aliphatic carbocycles. The minimum absolute atomic E-state index is 0.233. The number of ether oxygens (including phenoxy) is 1. The van der Waals surface area contributed by atoms with Gasteiger partial charge in [-0.1, -0.05) is 42.5 Å². The summed E-state index contributed by atoms with van der Waals surface area (Å²) in [5, 5.41) is 9.07. The highest BCUT2D eigenvalue weighted by molar-refractivity contribution is 5.89. The summed E-state index contributed by atoms with van der Waals surface area (Å²) in [4.78, 5) is 27.5. The van der Waals surface area contributed by atoms with E-state index in [2.05, 4.69) is 4.98 Å². The fraction of sp³-hybridized carbons (Fsp3) is 0.150. The second-order valence-corrected chi connectivity index (χ2v) is 5.92. The molecule has 0 saturated heterocycles. The average molecular weight is 350 g/mol. The minimum atomic E-state index is -0.965. The third-order valence-electron chi connectivity index (χ3n) is 3.96. The van der Waals surface area contributed by atoms with Gasteiger partial charge in [0, 0.05) is 0 Å². The first-order valence-corrected chi connectivity index (χ1v) is 8.09. The predicted molar refractivity (Wildman–Crippen MR) is 96.5 cm³/mol. The first kappa shape index (κ1) is 17.4. The van der Waals surface area contributed by atoms with Gasteiger partial charge in [0.25, 0.3) is 5.56 Å². The van der Waals surface area contributed by atoms with Crippen LogP contribution in [0.15, 0.2) is 65.7 Å². The average Bonchev–Trinajstić information content (AvgIpc) is 2.63. The normalized spacial score (nSPS) is 10.5. The van der Waals surface area contributed by atoms with Crippen molar-refractivity contribution in [1.29, 1.82) is 0 Å². The Morgan fingerprint density at radius 3 is 2.54 bits per heavy atom. The van der Waals surface area contributed by atoms with Crippen molar-refractivity contribution >= 4 is 5.97 Å². The highest BCUT2D eigenvalue weighted by Crippen LogP contribution is 2.12. The number of aromatic nitrogens is 2. The number of hydrogen-bond acceptors (Lipinski definition) is 4. The van der Waals surface area contributed by atoms with Crippen LogP contribution in [0.4, 0.5) is 0 Å². The molecule has 0 bridgehead atoms. The summed E-state index contributed by atoms with van der Waals surface area (Å²) in [6.45, 7) is 2.38. The smallest absolute Gasteiger partial charge is 0.335 e. The van der Waals surface area contributed by atoms with Crippen LogP contribution in [0, 0.1) is 6.92 Å². The molecule has 1 N–H and O–H groups in total. The van der Waals surface area contributed by atoms with Gasteiger partial charge in [-0.15, -0.1) is 0 Å². The number of carbonyl (C=O) groups is 1. The van der Waals surface area contributed by atoms with Crippen LogP contribution in [0.2, 0.25) is 0 Å². The molecule has 1 heterocycles. The molecule has 6 heteroatoms. The Bertz CT molecular complexity index is 981. The summed E-state index contributed by atoms with van der Waals surface area (Å²) in [6.07, 6.45) is 1.43. The molecule has 3 rings (SSSR count). The van der Waals surface area contributed by atoms with Crippen molar-refractivity contribution in [2.24, 2.45) is 0 Å². The number of benzene rings is 2. The van der Waals surface area contributed by atoms with Crippen molar-refractivity contribution in [1.82, 2.24) is 9.55 Å². The Morgan fingerprint density at radius 1 is 1.12 bits per heavy atom. The Morgan fingerprint density at radius 2 is 1.88 bits per heavy atom. The van der Waals surface area contributed by atoms with Crippen molar-refractivity contribution in [3.63, 3.8) is 0 Å². The summed E-state index contributed by atoms with van der Waals surface area (Å²) >= 11 is 0. The fourth-order valence-electron chi connectivity index (χ4n) is 2.60. The SMILES string of the molecule is Cc1cc(Cn2cnc(OCc3ccccc3)cc2=O)ccc1C(=O)O. The van der Waals surface area contributed by atoms with Crippen LogP contribution < -0.4 is 10.3 Å². The maximum absolute atomic E-state index is 12.3. The topological polar surface area (TPSA) is 81.4 Å². The number of aromatic carboxylic acids is 1. The summed E-state index contributed by atoms with van der Waals surface area (Å²) in [6, 6.07) is 16.0. The summed E-state index contributed by atoms with van der Waals surface area (Å²) in [5.41, 5.74) is 2.49. The molecule has 2 aromatic carbocycles. The van der Waals surface area contributed by atoms with Gasteiger partial charge in [0.05, 0.1) is 18.2 Å². The van der Waals surface area contributed by atoms with E-state index in [1.54, 1.807) is 25.1 Å². The number of carboxylic acids is 1. The highest BCUT2D eigenvalue weighted by Gasteiger charge is 2.08. The van der Waals surface area contributed by atoms with Crippen molar-refractivity contribution in [2.75, 3.05) is 0 Å². The minimum Gasteiger partial charge on any atom is -0.478 e. The summed E-state index contributed by atoms with van der Waals surface area (Å²) in [5.74, 6) is -0.694. The molecule has 0 aliphatic rings. The van der Waals surface area contributed by atoms with Gasteiger partial charge in [-0.25, -0.2) is 9.78 Å². The van der Waals surface area contributed by atoms with Crippen LogP contribution in [-0.2, 0) is 13.2 Å². The Labute approximate surface area is 150 Å². The maximum Gasteiger partial charge on any atom is 0.335 e. The van der Waals surface area contributed by atoms with Crippen LogP contribution in [0.5, 0.6) is 5.88 Å². The molecule has 0 fully saturated rings. The maximum atomic E-state index is 12.3. The van der Waals surface area contributed by atoms with E-state index in [4.69, 9.17) is 9.84 Å². The fourth-order valence-corrected chi connectivity index (χ4v) is 2.60. The Kier molecular flexibility index (Phi) is 5.12. The van der Waals surface area contributed by atoms with E-state index in [1.165, 1.54) is 17.0 Å². The van der Waals surface area contributed by atoms with E-state index in [0.29, 0.717) is 18.7 Å². The molecule has 0 aliphatic heterocycles. The first-order valence-electron chi connectivity index (χ1n) is 8.09. The number of carboxylic acid groups (broad SMARTS) is 1. The number of rotatable bonds is 6. The lowest BCUT2D eigenvalue weighted by molar-refractivity contribution is 0.0696. The van der Waals surface area contributed by atoms with E-state index in [1.807, 2.05) is 30.3 Å². The molecule has 1 aromatic heterocycles. The van der Waals surface area contributed by atoms with Gasteiger partial charge in [-0.05, 0) is 29.7 Å². The molecule has 0 saturated carbocycles. The molecule has 0 unspecified atom stereocenters. The van der Waals surface area contributed by atoms with Crippen LogP contribution in [0.1, 0.15) is 27.0 Å². The third kappa shape index (κ3) is 4.16. The lowest BCUT2D eigenvalue weighted by Gasteiger charge is -2.09. The zero-order valence-corrected chi connectivity index (χ0v) is 14.3. The molecule has 6 nitrogen and oxygen atoms in total. The summed E-state index contributed by atoms with van der Waals surface area (Å²) in [7, 11) is 0. The lowest BCUT2D eigenvalue weighted by atomic mass is 10.1. The van der Waals surface area contributed by atoms with E-state index in [-0.39, 0.29) is 17.0 Å². The monoisotopic (exact) mass is 350 g/mol. The van der Waals surface area contributed by atoms with Gasteiger partial charge in [0.2, 0.25) is 5.88 Å². The van der Waals surface area contributed by atoms with Crippen LogP contribution in [0.25, 0.3) is 0 Å². The van der Waals surface area contributed by atoms with E-state index in [9.17, 15) is 9.59 Å². The Balaban J connectivity index is 1.71. The molecule has 0 atom stereocenters. The zero-order valence-electron chi connectivity index (χ0n) is 14.3. The van der Waals surface area contributed by atoms with Crippen LogP contribution in [-0.4, -0.2) is 20.6 Å². The zero-order chi connectivity index (χ0) is 18.5. The molecular formula is C20H18N2O4. The van der Waals surface area contributed by atoms with E-state index < -0.39 is 5.97 Å². The number of hydrogen-bond donors (Lipinski definition) is 1. The second kappa shape index (κ2) is 7.65. The Hall–Kier alpha value is -3.41. The van der Waals surface area contributed by atoms with E-state index in [0.717, 1.165) is 11.1 Å². The highest BCUT2D eigenvalue weighted by atomic mass is 16.5. The van der Waals surface area contributed by atoms with Crippen LogP contribution >= 0.6 is 0 Å². The largest absolute Gasteiger partial charge is 0.478 e. The van der Waals surface area contributed by atoms with Gasteiger partial charge in [-0.3, -0.25) is 9.36 Å². The van der Waals surface area contributed by atoms with Gasteiger partial charge in [-0.2, -0.15) is 0 Å². The van der Waals surface area contributed by atoms with Gasteiger partial charge < -0.3 is 9.84 Å². The molecule has 0 spiro atoms. The van der Waals surface area contributed by atoms with Gasteiger partial charge >= 0.3 is 5.97 Å². The molecule has 3 aromatic rings. The van der Waals surface area contributed by atoms with Crippen molar-refractivity contribution < 1.29 is 14.6 Å². The van der Waals surface area contributed by atoms with E-state index >= 15 is 0 Å². The third-order valence-corrected chi connectivity index (χ3v) is 3.96. The van der Waals surface area contributed by atoms with Gasteiger partial charge in [0.1, 0.15) is 12.9 Å². The van der Waals surface area contributed by atoms with Crippen LogP contribution in [0.3, 0.4) is 0 Å². The van der Waals surface area contributed by atoms with Crippen molar-refractivity contribution in [2.45, 2.75) is 20.1 Å². The van der Waals surface area contributed by atoms with Gasteiger partial charge in [0.15, 0.2) is 0 Å². The standard InChI is InChI=1S/C20H18N2O4/c1-14-9-16(7-8-17(14)20(24)25)11-22-13-21-18(10-19(22)23)26-12-15-5-3-2-4-6-15/h2-10,13H,11-12H2,1H3,(H,24,25). The quantitative estimate of drug-likeness (QED) is 0.739. The molecule has 132 valence electrons. The second-order valence-electron chi connectivity index (χ2n) is 5.92. The molecule has 0 amide bonds. The molecule has 0 radical (unpaired) electrons. The number of nitrogens with zero attached hydrogens (tertiary/aromatic N) is 2. The lowest BCUT2D eigenvalue weighted by Crippen LogP contribution is -2.20. The van der Waals surface area contributed by atoms with Crippen molar-refractivity contribution in [3.05, 3.63) is 93.5 Å². The van der Waals surface area contributed by atoms with Crippen molar-refractivity contribution in [3.8, 4) is 5.88 Å². The first-order chi connectivity index (χ1) is 12.5. The summed E-state index contributed by atoms with van der Waals surface area (Å²) < 4.78 is 7.00. The molecular weight excluding hydrogens is 332 g/mol.